The van der Waals surface area contributed by atoms with Crippen LogP contribution in [0.5, 0.6) is 0 Å². The Morgan fingerprint density at radius 2 is 2.04 bits per heavy atom. The molecular formula is C15H17N7O2S. The average Bonchev–Trinajstić information content (AvgIpc) is 3.15. The first-order valence-corrected chi connectivity index (χ1v) is 8.14. The minimum absolute atomic E-state index is 0.0498. The van der Waals surface area contributed by atoms with Gasteiger partial charge in [-0.05, 0) is 16.7 Å². The summed E-state index contributed by atoms with van der Waals surface area (Å²) in [4.78, 5) is 11.7. The Morgan fingerprint density at radius 1 is 1.32 bits per heavy atom. The molecule has 0 radical (unpaired) electrons. The maximum absolute atomic E-state index is 10.7. The minimum Gasteiger partial charge on any atom is -0.304 e. The van der Waals surface area contributed by atoms with Gasteiger partial charge in [-0.1, -0.05) is 38.2 Å². The van der Waals surface area contributed by atoms with Gasteiger partial charge >= 0.3 is 0 Å². The summed E-state index contributed by atoms with van der Waals surface area (Å²) in [6.07, 6.45) is 1.78. The number of H-pyrrole nitrogens is 1. The van der Waals surface area contributed by atoms with Crippen LogP contribution in [-0.2, 0) is 13.1 Å². The quantitative estimate of drug-likeness (QED) is 0.412. The fourth-order valence-corrected chi connectivity index (χ4v) is 2.65. The van der Waals surface area contributed by atoms with Gasteiger partial charge < -0.3 is 5.10 Å². The van der Waals surface area contributed by atoms with Gasteiger partial charge in [0.2, 0.25) is 5.82 Å². The lowest BCUT2D eigenvalue weighted by molar-refractivity contribution is -0.384. The summed E-state index contributed by atoms with van der Waals surface area (Å²) in [7, 11) is 0. The number of aromatic amines is 1. The van der Waals surface area contributed by atoms with Crippen molar-refractivity contribution in [3.63, 3.8) is 0 Å². The van der Waals surface area contributed by atoms with Crippen molar-refractivity contribution in [1.82, 2.24) is 30.0 Å². The number of hydrogen-bond acceptors (Lipinski definition) is 6. The largest absolute Gasteiger partial charge is 0.304 e. The number of benzene rings is 1. The summed E-state index contributed by atoms with van der Waals surface area (Å²) < 4.78 is 2.52. The van der Waals surface area contributed by atoms with Crippen LogP contribution in [0.25, 0.3) is 11.4 Å². The van der Waals surface area contributed by atoms with Crippen molar-refractivity contribution < 1.29 is 4.92 Å². The van der Waals surface area contributed by atoms with E-state index in [2.05, 4.69) is 34.4 Å². The zero-order chi connectivity index (χ0) is 18.0. The number of tetrazole rings is 1. The van der Waals surface area contributed by atoms with E-state index in [0.717, 1.165) is 17.7 Å². The summed E-state index contributed by atoms with van der Waals surface area (Å²) in [5, 5.41) is 26.2. The molecule has 0 fully saturated rings. The molecule has 0 unspecified atom stereocenters. The highest BCUT2D eigenvalue weighted by Gasteiger charge is 2.12. The van der Waals surface area contributed by atoms with Crippen molar-refractivity contribution in [2.24, 2.45) is 5.92 Å². The molecule has 0 aliphatic carbocycles. The molecule has 0 aliphatic rings. The van der Waals surface area contributed by atoms with Crippen LogP contribution in [-0.4, -0.2) is 34.9 Å². The van der Waals surface area contributed by atoms with Gasteiger partial charge in [0.25, 0.3) is 5.69 Å². The Morgan fingerprint density at radius 3 is 2.68 bits per heavy atom. The number of nitrogens with zero attached hydrogens (tertiary/aromatic N) is 6. The van der Waals surface area contributed by atoms with E-state index in [-0.39, 0.29) is 5.69 Å². The van der Waals surface area contributed by atoms with E-state index in [9.17, 15) is 10.1 Å². The van der Waals surface area contributed by atoms with Crippen molar-refractivity contribution in [3.05, 3.63) is 50.8 Å². The predicted octanol–water partition coefficient (Wildman–Crippen LogP) is 2.81. The standard InChI is InChI=1S/C15H17N7O2S/c1-10(2)8-20-15(25)13(7-16-20)14-17-19-21(18-14)9-11-3-5-12(6-4-11)22(23)24/h3-7,10,16H,8-9H2,1-2H3. The first kappa shape index (κ1) is 17.0. The Kier molecular flexibility index (Phi) is 4.70. The normalized spacial score (nSPS) is 11.2. The fraction of sp³-hybridized carbons (Fsp3) is 0.333. The molecule has 0 atom stereocenters. The summed E-state index contributed by atoms with van der Waals surface area (Å²) in [5.41, 5.74) is 1.62. The third kappa shape index (κ3) is 3.79. The van der Waals surface area contributed by atoms with Gasteiger partial charge in [0.15, 0.2) is 0 Å². The summed E-state index contributed by atoms with van der Waals surface area (Å²) >= 11 is 5.45. The number of aromatic nitrogens is 6. The number of nitrogens with one attached hydrogen (secondary N) is 1. The van der Waals surface area contributed by atoms with E-state index >= 15 is 0 Å². The van der Waals surface area contributed by atoms with Gasteiger partial charge in [0, 0.05) is 24.9 Å². The maximum atomic E-state index is 10.7. The lowest BCUT2D eigenvalue weighted by atomic mass is 10.2. The van der Waals surface area contributed by atoms with Crippen LogP contribution in [0, 0.1) is 20.7 Å². The van der Waals surface area contributed by atoms with Crippen LogP contribution in [0.2, 0.25) is 0 Å². The molecule has 2 aromatic heterocycles. The Balaban J connectivity index is 1.77. The molecule has 25 heavy (non-hydrogen) atoms. The molecule has 2 heterocycles. The van der Waals surface area contributed by atoms with E-state index in [1.165, 1.54) is 16.9 Å². The average molecular weight is 359 g/mol. The zero-order valence-corrected chi connectivity index (χ0v) is 14.6. The molecule has 130 valence electrons. The Hall–Kier alpha value is -2.88. The van der Waals surface area contributed by atoms with E-state index in [0.29, 0.717) is 22.9 Å². The summed E-state index contributed by atoms with van der Waals surface area (Å²) in [6.45, 7) is 5.38. The highest BCUT2D eigenvalue weighted by molar-refractivity contribution is 7.71. The molecule has 1 aromatic carbocycles. The fourth-order valence-electron chi connectivity index (χ4n) is 2.37. The summed E-state index contributed by atoms with van der Waals surface area (Å²) in [5.74, 6) is 0.912. The van der Waals surface area contributed by atoms with Gasteiger partial charge in [0.1, 0.15) is 4.64 Å². The molecule has 0 bridgehead atoms. The molecule has 1 N–H and O–H groups in total. The number of nitro benzene ring substituents is 1. The van der Waals surface area contributed by atoms with Gasteiger partial charge in [-0.15, -0.1) is 10.2 Å². The van der Waals surface area contributed by atoms with Gasteiger partial charge in [-0.25, -0.2) is 0 Å². The van der Waals surface area contributed by atoms with Crippen LogP contribution >= 0.6 is 12.2 Å². The number of hydrogen-bond donors (Lipinski definition) is 1. The van der Waals surface area contributed by atoms with Crippen molar-refractivity contribution in [1.29, 1.82) is 0 Å². The maximum Gasteiger partial charge on any atom is 0.269 e. The van der Waals surface area contributed by atoms with Gasteiger partial charge in [-0.3, -0.25) is 14.8 Å². The first-order valence-electron chi connectivity index (χ1n) is 7.73. The molecule has 0 spiro atoms. The summed E-state index contributed by atoms with van der Waals surface area (Å²) in [6, 6.07) is 6.25. The lowest BCUT2D eigenvalue weighted by Crippen LogP contribution is -2.05. The topological polar surface area (TPSA) is 107 Å². The van der Waals surface area contributed by atoms with Crippen LogP contribution in [0.15, 0.2) is 30.5 Å². The number of non-ortho nitro benzene ring substituents is 1. The second-order valence-electron chi connectivity index (χ2n) is 6.06. The smallest absolute Gasteiger partial charge is 0.269 e. The third-order valence-corrected chi connectivity index (χ3v) is 3.99. The lowest BCUT2D eigenvalue weighted by Gasteiger charge is -2.04. The molecule has 0 saturated heterocycles. The molecule has 9 nitrogen and oxygen atoms in total. The second kappa shape index (κ2) is 6.93. The SMILES string of the molecule is CC(C)Cn1[nH]cc(-c2nnn(Cc3ccc([N+](=O)[O-])cc3)n2)c1=S. The minimum atomic E-state index is -0.432. The molecule has 0 amide bonds. The molecule has 0 saturated carbocycles. The third-order valence-electron chi connectivity index (χ3n) is 3.55. The highest BCUT2D eigenvalue weighted by atomic mass is 32.1. The van der Waals surface area contributed by atoms with E-state index in [1.54, 1.807) is 18.3 Å². The molecule has 0 aliphatic heterocycles. The number of nitro groups is 1. The molecule has 10 heteroatoms. The Bertz CT molecular complexity index is 939. The van der Waals surface area contributed by atoms with Crippen molar-refractivity contribution in [2.75, 3.05) is 0 Å². The number of rotatable bonds is 6. The molecule has 3 rings (SSSR count). The monoisotopic (exact) mass is 359 g/mol. The second-order valence-corrected chi connectivity index (χ2v) is 6.45. The first-order chi connectivity index (χ1) is 11.9. The van der Waals surface area contributed by atoms with Crippen molar-refractivity contribution in [2.45, 2.75) is 26.9 Å². The highest BCUT2D eigenvalue weighted by Crippen LogP contribution is 2.17. The van der Waals surface area contributed by atoms with Gasteiger partial charge in [0.05, 0.1) is 17.0 Å². The Labute approximate surface area is 148 Å². The molecular weight excluding hydrogens is 342 g/mol. The van der Waals surface area contributed by atoms with E-state index in [1.807, 2.05) is 4.68 Å². The molecule has 3 aromatic rings. The van der Waals surface area contributed by atoms with Crippen LogP contribution in [0.3, 0.4) is 0 Å². The van der Waals surface area contributed by atoms with Crippen LogP contribution < -0.4 is 0 Å². The van der Waals surface area contributed by atoms with Crippen LogP contribution in [0.1, 0.15) is 19.4 Å². The van der Waals surface area contributed by atoms with Gasteiger partial charge in [-0.2, -0.15) is 4.80 Å². The van der Waals surface area contributed by atoms with E-state index in [4.69, 9.17) is 12.2 Å². The van der Waals surface area contributed by atoms with Crippen molar-refractivity contribution >= 4 is 17.9 Å². The zero-order valence-electron chi connectivity index (χ0n) is 13.8. The van der Waals surface area contributed by atoms with E-state index < -0.39 is 4.92 Å². The van der Waals surface area contributed by atoms with Crippen molar-refractivity contribution in [3.8, 4) is 11.4 Å². The van der Waals surface area contributed by atoms with Crippen LogP contribution in [0.4, 0.5) is 5.69 Å². The predicted molar refractivity (Wildman–Crippen MR) is 93.5 cm³/mol.